The number of nitrogens with one attached hydrogen (secondary N) is 2. The first-order chi connectivity index (χ1) is 10.2. The van der Waals surface area contributed by atoms with Crippen molar-refractivity contribution in [3.63, 3.8) is 0 Å². The first kappa shape index (κ1) is 15.2. The molecular formula is C15H15BrN4O. The normalized spacial score (nSPS) is 9.95. The molecule has 2 aromatic rings. The van der Waals surface area contributed by atoms with E-state index in [-0.39, 0.29) is 12.3 Å². The average Bonchev–Trinajstić information content (AvgIpc) is 2.49. The van der Waals surface area contributed by atoms with Crippen molar-refractivity contribution in [2.45, 2.75) is 6.42 Å². The number of hydrogen-bond acceptors (Lipinski definition) is 4. The van der Waals surface area contributed by atoms with Crippen LogP contribution >= 0.6 is 15.9 Å². The molecule has 0 unspecified atom stereocenters. The number of carbonyl (C=O) groups is 1. The average molecular weight is 347 g/mol. The quantitative estimate of drug-likeness (QED) is 0.789. The number of rotatable bonds is 6. The molecule has 0 saturated carbocycles. The van der Waals surface area contributed by atoms with Gasteiger partial charge < -0.3 is 10.6 Å². The summed E-state index contributed by atoms with van der Waals surface area (Å²) in [6.45, 7) is 4.22. The SMILES string of the molecule is C=CCNc1ccc(NC(=O)Cc2ccccc2Br)nn1. The lowest BCUT2D eigenvalue weighted by Gasteiger charge is -2.06. The van der Waals surface area contributed by atoms with E-state index in [1.165, 1.54) is 0 Å². The van der Waals surface area contributed by atoms with E-state index in [1.54, 1.807) is 18.2 Å². The van der Waals surface area contributed by atoms with Crippen molar-refractivity contribution in [3.8, 4) is 0 Å². The summed E-state index contributed by atoms with van der Waals surface area (Å²) in [4.78, 5) is 12.0. The van der Waals surface area contributed by atoms with Gasteiger partial charge in [-0.05, 0) is 23.8 Å². The third-order valence-corrected chi connectivity index (χ3v) is 3.44. The van der Waals surface area contributed by atoms with Crippen molar-refractivity contribution >= 4 is 33.5 Å². The van der Waals surface area contributed by atoms with Crippen molar-refractivity contribution in [3.05, 3.63) is 59.1 Å². The van der Waals surface area contributed by atoms with Crippen LogP contribution in [0, 0.1) is 0 Å². The van der Waals surface area contributed by atoms with E-state index in [4.69, 9.17) is 0 Å². The van der Waals surface area contributed by atoms with Crippen LogP contribution in [-0.4, -0.2) is 22.6 Å². The fraction of sp³-hybridized carbons (Fsp3) is 0.133. The van der Waals surface area contributed by atoms with Crippen LogP contribution in [0.5, 0.6) is 0 Å². The molecule has 0 atom stereocenters. The van der Waals surface area contributed by atoms with E-state index in [9.17, 15) is 4.79 Å². The monoisotopic (exact) mass is 346 g/mol. The highest BCUT2D eigenvalue weighted by molar-refractivity contribution is 9.10. The molecule has 0 aliphatic carbocycles. The lowest BCUT2D eigenvalue weighted by atomic mass is 10.1. The number of carbonyl (C=O) groups excluding carboxylic acids is 1. The summed E-state index contributed by atoms with van der Waals surface area (Å²) in [7, 11) is 0. The van der Waals surface area contributed by atoms with Gasteiger partial charge in [-0.1, -0.05) is 40.2 Å². The van der Waals surface area contributed by atoms with Gasteiger partial charge in [0.2, 0.25) is 5.91 Å². The highest BCUT2D eigenvalue weighted by atomic mass is 79.9. The minimum Gasteiger partial charge on any atom is -0.365 e. The number of anilines is 2. The van der Waals surface area contributed by atoms with Crippen LogP contribution in [0.2, 0.25) is 0 Å². The second-order valence-electron chi connectivity index (χ2n) is 4.29. The summed E-state index contributed by atoms with van der Waals surface area (Å²) < 4.78 is 0.912. The number of benzene rings is 1. The Bertz CT molecular complexity index is 628. The molecule has 0 saturated heterocycles. The van der Waals surface area contributed by atoms with Crippen molar-refractivity contribution in [1.29, 1.82) is 0 Å². The topological polar surface area (TPSA) is 66.9 Å². The summed E-state index contributed by atoms with van der Waals surface area (Å²) in [6.07, 6.45) is 2.01. The summed E-state index contributed by atoms with van der Waals surface area (Å²) >= 11 is 3.42. The van der Waals surface area contributed by atoms with Gasteiger partial charge in [0.15, 0.2) is 5.82 Å². The standard InChI is InChI=1S/C15H15BrN4O/c1-2-9-17-13-7-8-14(20-19-13)18-15(21)10-11-5-3-4-6-12(11)16/h2-8H,1,9-10H2,(H,17,19)(H,18,20,21). The van der Waals surface area contributed by atoms with E-state index in [1.807, 2.05) is 24.3 Å². The van der Waals surface area contributed by atoms with Gasteiger partial charge in [-0.15, -0.1) is 16.8 Å². The van der Waals surface area contributed by atoms with Gasteiger partial charge in [-0.25, -0.2) is 0 Å². The number of amides is 1. The molecule has 0 spiro atoms. The Balaban J connectivity index is 1.93. The van der Waals surface area contributed by atoms with E-state index < -0.39 is 0 Å². The number of halogens is 1. The fourth-order valence-electron chi connectivity index (χ4n) is 1.67. The summed E-state index contributed by atoms with van der Waals surface area (Å²) in [5, 5.41) is 13.6. The molecule has 2 rings (SSSR count). The van der Waals surface area contributed by atoms with Crippen molar-refractivity contribution in [2.24, 2.45) is 0 Å². The van der Waals surface area contributed by atoms with Gasteiger partial charge in [0, 0.05) is 11.0 Å². The van der Waals surface area contributed by atoms with E-state index >= 15 is 0 Å². The zero-order valence-corrected chi connectivity index (χ0v) is 12.9. The molecule has 21 heavy (non-hydrogen) atoms. The predicted octanol–water partition coefficient (Wildman–Crippen LogP) is 3.02. The van der Waals surface area contributed by atoms with Gasteiger partial charge >= 0.3 is 0 Å². The van der Waals surface area contributed by atoms with Gasteiger partial charge in [-0.3, -0.25) is 4.79 Å². The van der Waals surface area contributed by atoms with E-state index in [0.717, 1.165) is 10.0 Å². The summed E-state index contributed by atoms with van der Waals surface area (Å²) in [5.41, 5.74) is 0.923. The largest absolute Gasteiger partial charge is 0.365 e. The maximum absolute atomic E-state index is 12.0. The molecule has 1 aromatic carbocycles. The van der Waals surface area contributed by atoms with Crippen LogP contribution in [0.25, 0.3) is 0 Å². The molecule has 1 amide bonds. The van der Waals surface area contributed by atoms with Gasteiger partial charge in [0.1, 0.15) is 5.82 Å². The lowest BCUT2D eigenvalue weighted by molar-refractivity contribution is -0.115. The molecule has 6 heteroatoms. The first-order valence-electron chi connectivity index (χ1n) is 6.41. The zero-order valence-electron chi connectivity index (χ0n) is 11.3. The second kappa shape index (κ2) is 7.54. The third-order valence-electron chi connectivity index (χ3n) is 2.67. The maximum Gasteiger partial charge on any atom is 0.230 e. The molecule has 1 aromatic heterocycles. The van der Waals surface area contributed by atoms with Crippen molar-refractivity contribution < 1.29 is 4.79 Å². The van der Waals surface area contributed by atoms with Crippen LogP contribution in [0.3, 0.4) is 0 Å². The maximum atomic E-state index is 12.0. The smallest absolute Gasteiger partial charge is 0.230 e. The molecule has 0 aliphatic rings. The number of hydrogen-bond donors (Lipinski definition) is 2. The molecular weight excluding hydrogens is 332 g/mol. The van der Waals surface area contributed by atoms with Crippen LogP contribution in [0.15, 0.2) is 53.5 Å². The number of aromatic nitrogens is 2. The molecule has 0 radical (unpaired) electrons. The van der Waals surface area contributed by atoms with Gasteiger partial charge in [0.25, 0.3) is 0 Å². The Kier molecular flexibility index (Phi) is 5.45. The predicted molar refractivity (Wildman–Crippen MR) is 87.2 cm³/mol. The van der Waals surface area contributed by atoms with Crippen molar-refractivity contribution in [2.75, 3.05) is 17.2 Å². The number of nitrogens with zero attached hydrogens (tertiary/aromatic N) is 2. The zero-order chi connectivity index (χ0) is 15.1. The highest BCUT2D eigenvalue weighted by Gasteiger charge is 2.07. The summed E-state index contributed by atoms with van der Waals surface area (Å²) in [6, 6.07) is 11.1. The Morgan fingerprint density at radius 3 is 2.57 bits per heavy atom. The van der Waals surface area contributed by atoms with Crippen molar-refractivity contribution in [1.82, 2.24) is 10.2 Å². The highest BCUT2D eigenvalue weighted by Crippen LogP contribution is 2.16. The van der Waals surface area contributed by atoms with Crippen LogP contribution < -0.4 is 10.6 Å². The van der Waals surface area contributed by atoms with Crippen LogP contribution in [0.1, 0.15) is 5.56 Å². The Morgan fingerprint density at radius 1 is 1.19 bits per heavy atom. The minimum absolute atomic E-state index is 0.136. The van der Waals surface area contributed by atoms with E-state index in [2.05, 4.69) is 43.3 Å². The molecule has 0 fully saturated rings. The molecule has 1 heterocycles. The minimum atomic E-state index is -0.136. The van der Waals surface area contributed by atoms with Gasteiger partial charge in [0.05, 0.1) is 6.42 Å². The Hall–Kier alpha value is -2.21. The first-order valence-corrected chi connectivity index (χ1v) is 7.20. The molecule has 5 nitrogen and oxygen atoms in total. The molecule has 108 valence electrons. The second-order valence-corrected chi connectivity index (χ2v) is 5.14. The third kappa shape index (κ3) is 4.68. The molecule has 0 bridgehead atoms. The lowest BCUT2D eigenvalue weighted by Crippen LogP contribution is -2.16. The van der Waals surface area contributed by atoms with E-state index in [0.29, 0.717) is 18.2 Å². The molecule has 2 N–H and O–H groups in total. The Labute approximate surface area is 131 Å². The van der Waals surface area contributed by atoms with Crippen LogP contribution in [0.4, 0.5) is 11.6 Å². The fourth-order valence-corrected chi connectivity index (χ4v) is 2.10. The van der Waals surface area contributed by atoms with Crippen LogP contribution in [-0.2, 0) is 11.2 Å². The van der Waals surface area contributed by atoms with Gasteiger partial charge in [-0.2, -0.15) is 0 Å². The summed E-state index contributed by atoms with van der Waals surface area (Å²) in [5.74, 6) is 0.929. The Morgan fingerprint density at radius 2 is 1.90 bits per heavy atom. The molecule has 0 aliphatic heterocycles.